The highest BCUT2D eigenvalue weighted by atomic mass is 16.5. The zero-order valence-corrected chi connectivity index (χ0v) is 12.0. The zero-order valence-electron chi connectivity index (χ0n) is 12.0. The van der Waals surface area contributed by atoms with E-state index in [0.29, 0.717) is 6.61 Å². The first-order chi connectivity index (χ1) is 9.70. The van der Waals surface area contributed by atoms with Crippen molar-refractivity contribution in [2.24, 2.45) is 0 Å². The van der Waals surface area contributed by atoms with Crippen LogP contribution >= 0.6 is 0 Å². The van der Waals surface area contributed by atoms with Gasteiger partial charge in [0.2, 0.25) is 0 Å². The summed E-state index contributed by atoms with van der Waals surface area (Å²) in [6.07, 6.45) is 0. The Kier molecular flexibility index (Phi) is 5.02. The predicted molar refractivity (Wildman–Crippen MR) is 82.3 cm³/mol. The smallest absolute Gasteiger partial charge is 0.119 e. The van der Waals surface area contributed by atoms with E-state index in [2.05, 4.69) is 37.4 Å². The summed E-state index contributed by atoms with van der Waals surface area (Å²) in [5.74, 6) is 0.774. The number of hydrogen-bond acceptors (Lipinski definition) is 3. The van der Waals surface area contributed by atoms with Crippen LogP contribution in [0.15, 0.2) is 42.5 Å². The van der Waals surface area contributed by atoms with Gasteiger partial charge in [-0.05, 0) is 54.8 Å². The number of nitrogens with one attached hydrogen (secondary N) is 1. The van der Waals surface area contributed by atoms with E-state index in [-0.39, 0.29) is 6.61 Å². The van der Waals surface area contributed by atoms with Gasteiger partial charge in [-0.2, -0.15) is 0 Å². The lowest BCUT2D eigenvalue weighted by Crippen LogP contribution is -2.03. The minimum atomic E-state index is 0.0344. The van der Waals surface area contributed by atoms with Crippen LogP contribution in [0.25, 0.3) is 0 Å². The Labute approximate surface area is 120 Å². The summed E-state index contributed by atoms with van der Waals surface area (Å²) in [7, 11) is 0. The van der Waals surface area contributed by atoms with Crippen LogP contribution in [0.1, 0.15) is 16.7 Å². The van der Waals surface area contributed by atoms with Gasteiger partial charge in [0.05, 0.1) is 6.61 Å². The van der Waals surface area contributed by atoms with Crippen LogP contribution in [0, 0.1) is 13.8 Å². The van der Waals surface area contributed by atoms with E-state index < -0.39 is 0 Å². The topological polar surface area (TPSA) is 41.5 Å². The summed E-state index contributed by atoms with van der Waals surface area (Å²) >= 11 is 0. The van der Waals surface area contributed by atoms with Gasteiger partial charge >= 0.3 is 0 Å². The molecule has 0 saturated carbocycles. The third-order valence-electron chi connectivity index (χ3n) is 3.41. The molecule has 2 N–H and O–H groups in total. The van der Waals surface area contributed by atoms with Crippen LogP contribution in [0.5, 0.6) is 5.75 Å². The third-order valence-corrected chi connectivity index (χ3v) is 3.41. The molecule has 0 aromatic heterocycles. The summed E-state index contributed by atoms with van der Waals surface area (Å²) < 4.78 is 5.33. The molecule has 2 aromatic rings. The molecule has 0 saturated heterocycles. The van der Waals surface area contributed by atoms with Gasteiger partial charge in [-0.15, -0.1) is 0 Å². The van der Waals surface area contributed by atoms with Gasteiger partial charge in [0, 0.05) is 12.2 Å². The number of anilines is 1. The van der Waals surface area contributed by atoms with Gasteiger partial charge in [0.1, 0.15) is 12.4 Å². The summed E-state index contributed by atoms with van der Waals surface area (Å²) in [4.78, 5) is 0. The van der Waals surface area contributed by atoms with E-state index in [1.807, 2.05) is 24.3 Å². The molecule has 0 heterocycles. The van der Waals surface area contributed by atoms with Crippen molar-refractivity contribution in [3.05, 3.63) is 59.2 Å². The third kappa shape index (κ3) is 3.75. The number of ether oxygens (including phenoxy) is 1. The van der Waals surface area contributed by atoms with Crippen LogP contribution in [0.3, 0.4) is 0 Å². The molecular formula is C17H21NO2. The summed E-state index contributed by atoms with van der Waals surface area (Å²) in [6, 6.07) is 14.1. The van der Waals surface area contributed by atoms with E-state index >= 15 is 0 Å². The lowest BCUT2D eigenvalue weighted by atomic mass is 10.0. The molecule has 0 aliphatic carbocycles. The fourth-order valence-corrected chi connectivity index (χ4v) is 2.03. The van der Waals surface area contributed by atoms with Crippen molar-refractivity contribution in [1.82, 2.24) is 0 Å². The largest absolute Gasteiger partial charge is 0.491 e. The van der Waals surface area contributed by atoms with Crippen LogP contribution < -0.4 is 10.1 Å². The highest BCUT2D eigenvalue weighted by molar-refractivity contribution is 5.47. The summed E-state index contributed by atoms with van der Waals surface area (Å²) in [6.45, 7) is 5.45. The van der Waals surface area contributed by atoms with Crippen LogP contribution in [0.2, 0.25) is 0 Å². The van der Waals surface area contributed by atoms with Gasteiger partial charge in [0.15, 0.2) is 0 Å². The van der Waals surface area contributed by atoms with Gasteiger partial charge in [-0.1, -0.05) is 18.2 Å². The van der Waals surface area contributed by atoms with E-state index in [0.717, 1.165) is 18.0 Å². The number of hydrogen-bond donors (Lipinski definition) is 2. The highest BCUT2D eigenvalue weighted by Gasteiger charge is 2.01. The molecule has 0 amide bonds. The molecule has 3 heteroatoms. The lowest BCUT2D eigenvalue weighted by Gasteiger charge is -2.11. The maximum Gasteiger partial charge on any atom is 0.119 e. The Morgan fingerprint density at radius 1 is 1.05 bits per heavy atom. The molecule has 0 aliphatic rings. The van der Waals surface area contributed by atoms with Gasteiger partial charge in [-0.3, -0.25) is 0 Å². The Bertz CT molecular complexity index is 549. The van der Waals surface area contributed by atoms with E-state index in [1.54, 1.807) is 0 Å². The van der Waals surface area contributed by atoms with E-state index in [4.69, 9.17) is 9.84 Å². The molecule has 0 spiro atoms. The fourth-order valence-electron chi connectivity index (χ4n) is 2.03. The first-order valence-corrected chi connectivity index (χ1v) is 6.83. The summed E-state index contributed by atoms with van der Waals surface area (Å²) in [5, 5.41) is 12.1. The van der Waals surface area contributed by atoms with Crippen molar-refractivity contribution < 1.29 is 9.84 Å². The molecule has 20 heavy (non-hydrogen) atoms. The standard InChI is InChI=1S/C17H21NO2/c1-13-4-3-5-15(14(13)2)12-18-16-6-8-17(9-7-16)20-11-10-19/h3-9,18-19H,10-12H2,1-2H3. The molecule has 0 aliphatic heterocycles. The maximum absolute atomic E-state index is 8.70. The van der Waals surface area contributed by atoms with E-state index in [1.165, 1.54) is 16.7 Å². The van der Waals surface area contributed by atoms with Crippen molar-refractivity contribution in [1.29, 1.82) is 0 Å². The normalized spacial score (nSPS) is 10.3. The van der Waals surface area contributed by atoms with Crippen molar-refractivity contribution >= 4 is 5.69 Å². The Hall–Kier alpha value is -2.00. The van der Waals surface area contributed by atoms with Gasteiger partial charge < -0.3 is 15.2 Å². The highest BCUT2D eigenvalue weighted by Crippen LogP contribution is 2.18. The SMILES string of the molecule is Cc1cccc(CNc2ccc(OCCO)cc2)c1C. The average molecular weight is 271 g/mol. The Morgan fingerprint density at radius 2 is 1.80 bits per heavy atom. The molecule has 3 nitrogen and oxygen atoms in total. The van der Waals surface area contributed by atoms with Gasteiger partial charge in [-0.25, -0.2) is 0 Å². The second kappa shape index (κ2) is 6.96. The minimum absolute atomic E-state index is 0.0344. The maximum atomic E-state index is 8.70. The number of aryl methyl sites for hydroxylation is 1. The molecule has 2 aromatic carbocycles. The monoisotopic (exact) mass is 271 g/mol. The Balaban J connectivity index is 1.95. The minimum Gasteiger partial charge on any atom is -0.491 e. The van der Waals surface area contributed by atoms with Crippen molar-refractivity contribution in [3.8, 4) is 5.75 Å². The van der Waals surface area contributed by atoms with Crippen LogP contribution in [-0.4, -0.2) is 18.3 Å². The van der Waals surface area contributed by atoms with Crippen molar-refractivity contribution in [3.63, 3.8) is 0 Å². The number of rotatable bonds is 6. The van der Waals surface area contributed by atoms with Crippen molar-refractivity contribution in [2.45, 2.75) is 20.4 Å². The second-order valence-corrected chi connectivity index (χ2v) is 4.81. The Morgan fingerprint density at radius 3 is 2.50 bits per heavy atom. The molecule has 106 valence electrons. The molecule has 0 unspecified atom stereocenters. The predicted octanol–water partition coefficient (Wildman–Crippen LogP) is 3.29. The first kappa shape index (κ1) is 14.4. The lowest BCUT2D eigenvalue weighted by molar-refractivity contribution is 0.201. The molecule has 0 bridgehead atoms. The van der Waals surface area contributed by atoms with Crippen LogP contribution in [-0.2, 0) is 6.54 Å². The fraction of sp³-hybridized carbons (Fsp3) is 0.294. The second-order valence-electron chi connectivity index (χ2n) is 4.81. The number of benzene rings is 2. The summed E-state index contributed by atoms with van der Waals surface area (Å²) in [5.41, 5.74) is 5.02. The van der Waals surface area contributed by atoms with Crippen LogP contribution in [0.4, 0.5) is 5.69 Å². The molecule has 0 fully saturated rings. The molecule has 0 radical (unpaired) electrons. The quantitative estimate of drug-likeness (QED) is 0.847. The van der Waals surface area contributed by atoms with E-state index in [9.17, 15) is 0 Å². The number of aliphatic hydroxyl groups is 1. The average Bonchev–Trinajstić information content (AvgIpc) is 2.48. The zero-order chi connectivity index (χ0) is 14.4. The molecular weight excluding hydrogens is 250 g/mol. The van der Waals surface area contributed by atoms with Gasteiger partial charge in [0.25, 0.3) is 0 Å². The molecule has 2 rings (SSSR count). The van der Waals surface area contributed by atoms with Crippen molar-refractivity contribution in [2.75, 3.05) is 18.5 Å². The first-order valence-electron chi connectivity index (χ1n) is 6.83. The molecule has 0 atom stereocenters. The number of aliphatic hydroxyl groups excluding tert-OH is 1.